The van der Waals surface area contributed by atoms with E-state index in [-0.39, 0.29) is 16.9 Å². The molecule has 0 aromatic heterocycles. The molecule has 1 atom stereocenters. The van der Waals surface area contributed by atoms with Crippen LogP contribution in [0.5, 0.6) is 0 Å². The van der Waals surface area contributed by atoms with Gasteiger partial charge in [0.2, 0.25) is 0 Å². The van der Waals surface area contributed by atoms with E-state index in [2.05, 4.69) is 20.8 Å². The van der Waals surface area contributed by atoms with Crippen LogP contribution < -0.4 is 0 Å². The normalized spacial score (nSPS) is 14.9. The smallest absolute Gasteiger partial charge is 0.154 e. The molecule has 0 saturated carbocycles. The third kappa shape index (κ3) is 5.23. The van der Waals surface area contributed by atoms with Gasteiger partial charge in [0.15, 0.2) is 8.07 Å². The molecule has 0 saturated heterocycles. The maximum atomic E-state index is 11.4. The minimum absolute atomic E-state index is 0.0661. The highest BCUT2D eigenvalue weighted by atomic mass is 28.3. The molecule has 0 rings (SSSR count). The van der Waals surface area contributed by atoms with Crippen LogP contribution in [-0.2, 0) is 14.3 Å². The van der Waals surface area contributed by atoms with Crippen LogP contribution in [0.4, 0.5) is 0 Å². The summed E-state index contributed by atoms with van der Waals surface area (Å²) in [5, 5.41) is 0.289. The molecule has 0 unspecified atom stereocenters. The highest BCUT2D eigenvalue weighted by molar-refractivity contribution is 7.04. The van der Waals surface area contributed by atoms with Crippen LogP contribution >= 0.6 is 0 Å². The first-order chi connectivity index (χ1) is 7.11. The van der Waals surface area contributed by atoms with Gasteiger partial charge < -0.3 is 14.3 Å². The third-order valence-corrected chi connectivity index (χ3v) is 5.77. The molecule has 0 aromatic carbocycles. The van der Waals surface area contributed by atoms with Gasteiger partial charge in [0.25, 0.3) is 0 Å². The molecule has 0 heterocycles. The molecule has 0 amide bonds. The highest BCUT2D eigenvalue weighted by Gasteiger charge is 2.29. The van der Waals surface area contributed by atoms with Gasteiger partial charge in [0.1, 0.15) is 5.41 Å². The summed E-state index contributed by atoms with van der Waals surface area (Å²) >= 11 is 0. The number of rotatable bonds is 6. The zero-order valence-corrected chi connectivity index (χ0v) is 12.7. The molecule has 3 nitrogen and oxygen atoms in total. The van der Waals surface area contributed by atoms with Gasteiger partial charge in [-0.25, -0.2) is 0 Å². The van der Waals surface area contributed by atoms with Gasteiger partial charge in [-0.15, -0.1) is 0 Å². The SMILES string of the molecule is CO[C@H](COC[Si](C)(C)C(C)=O)C(C)(C)C. The monoisotopic (exact) mass is 246 g/mol. The molecule has 0 aliphatic rings. The van der Waals surface area contributed by atoms with E-state index in [9.17, 15) is 4.79 Å². The Morgan fingerprint density at radius 3 is 2.12 bits per heavy atom. The van der Waals surface area contributed by atoms with Gasteiger partial charge >= 0.3 is 0 Å². The van der Waals surface area contributed by atoms with Crippen LogP contribution in [0, 0.1) is 5.41 Å². The van der Waals surface area contributed by atoms with Crippen molar-refractivity contribution in [1.29, 1.82) is 0 Å². The molecular formula is C12H26O3Si. The molecule has 0 aliphatic heterocycles. The average molecular weight is 246 g/mol. The van der Waals surface area contributed by atoms with Crippen molar-refractivity contribution in [2.45, 2.75) is 46.9 Å². The second kappa shape index (κ2) is 5.94. The van der Waals surface area contributed by atoms with Gasteiger partial charge in [-0.05, 0) is 12.3 Å². The molecule has 0 bridgehead atoms. The maximum absolute atomic E-state index is 11.4. The van der Waals surface area contributed by atoms with Crippen molar-refractivity contribution in [1.82, 2.24) is 0 Å². The zero-order valence-electron chi connectivity index (χ0n) is 11.7. The second-order valence-corrected chi connectivity index (χ2v) is 10.8. The number of carbonyl (C=O) groups excluding carboxylic acids is 1. The van der Waals surface area contributed by atoms with Crippen molar-refractivity contribution in [3.63, 3.8) is 0 Å². The van der Waals surface area contributed by atoms with Crippen LogP contribution in [-0.4, -0.2) is 39.5 Å². The molecule has 0 fully saturated rings. The van der Waals surface area contributed by atoms with Gasteiger partial charge in [-0.2, -0.15) is 0 Å². The Balaban J connectivity index is 4.11. The van der Waals surface area contributed by atoms with Crippen LogP contribution in [0.2, 0.25) is 13.1 Å². The number of ether oxygens (including phenoxy) is 2. The lowest BCUT2D eigenvalue weighted by atomic mass is 9.89. The van der Waals surface area contributed by atoms with E-state index in [0.29, 0.717) is 12.8 Å². The van der Waals surface area contributed by atoms with E-state index >= 15 is 0 Å². The second-order valence-electron chi connectivity index (χ2n) is 6.05. The van der Waals surface area contributed by atoms with Crippen molar-refractivity contribution >= 4 is 13.5 Å². The minimum atomic E-state index is -1.84. The zero-order chi connectivity index (χ0) is 13.0. The predicted molar refractivity (Wildman–Crippen MR) is 69.2 cm³/mol. The Kier molecular flexibility index (Phi) is 5.86. The number of methoxy groups -OCH3 is 1. The first kappa shape index (κ1) is 15.8. The van der Waals surface area contributed by atoms with E-state index in [4.69, 9.17) is 9.47 Å². The van der Waals surface area contributed by atoms with Crippen molar-refractivity contribution in [3.8, 4) is 0 Å². The molecule has 16 heavy (non-hydrogen) atoms. The van der Waals surface area contributed by atoms with E-state index in [0.717, 1.165) is 0 Å². The van der Waals surface area contributed by atoms with Crippen molar-refractivity contribution < 1.29 is 14.3 Å². The molecule has 96 valence electrons. The summed E-state index contributed by atoms with van der Waals surface area (Å²) in [5.41, 5.74) is 0.0661. The fourth-order valence-electron chi connectivity index (χ4n) is 1.19. The first-order valence-electron chi connectivity index (χ1n) is 5.73. The van der Waals surface area contributed by atoms with Gasteiger partial charge in [-0.3, -0.25) is 0 Å². The van der Waals surface area contributed by atoms with E-state index in [1.54, 1.807) is 14.0 Å². The van der Waals surface area contributed by atoms with E-state index in [1.165, 1.54) is 0 Å². The van der Waals surface area contributed by atoms with Crippen molar-refractivity contribution in [3.05, 3.63) is 0 Å². The number of carbonyl (C=O) groups is 1. The summed E-state index contributed by atoms with van der Waals surface area (Å²) in [6, 6.07) is 0. The third-order valence-electron chi connectivity index (χ3n) is 2.94. The van der Waals surface area contributed by atoms with Gasteiger partial charge in [-0.1, -0.05) is 33.9 Å². The molecular weight excluding hydrogens is 220 g/mol. The fourth-order valence-corrected chi connectivity index (χ4v) is 2.03. The van der Waals surface area contributed by atoms with E-state index < -0.39 is 8.07 Å². The highest BCUT2D eigenvalue weighted by Crippen LogP contribution is 2.22. The van der Waals surface area contributed by atoms with Crippen LogP contribution in [0.3, 0.4) is 0 Å². The quantitative estimate of drug-likeness (QED) is 0.675. The largest absolute Gasteiger partial charge is 0.381 e. The first-order valence-corrected chi connectivity index (χ1v) is 8.93. The minimum Gasteiger partial charge on any atom is -0.381 e. The Morgan fingerprint density at radius 2 is 1.81 bits per heavy atom. The van der Waals surface area contributed by atoms with Gasteiger partial charge in [0, 0.05) is 13.3 Å². The molecule has 0 aromatic rings. The van der Waals surface area contributed by atoms with Crippen molar-refractivity contribution in [2.75, 3.05) is 19.9 Å². The molecule has 4 heteroatoms. The molecule has 0 N–H and O–H groups in total. The fraction of sp³-hybridized carbons (Fsp3) is 0.917. The summed E-state index contributed by atoms with van der Waals surface area (Å²) in [7, 11) is -0.135. The Labute approximate surface area is 101 Å². The summed E-state index contributed by atoms with van der Waals surface area (Å²) < 4.78 is 11.1. The lowest BCUT2D eigenvalue weighted by Gasteiger charge is -2.30. The Bertz CT molecular complexity index is 231. The summed E-state index contributed by atoms with van der Waals surface area (Å²) in [5.74, 6) is 0. The summed E-state index contributed by atoms with van der Waals surface area (Å²) in [6.07, 6.45) is 0.655. The van der Waals surface area contributed by atoms with Crippen LogP contribution in [0.1, 0.15) is 27.7 Å². The van der Waals surface area contributed by atoms with Crippen LogP contribution in [0.15, 0.2) is 0 Å². The maximum Gasteiger partial charge on any atom is 0.154 e. The lowest BCUT2D eigenvalue weighted by molar-refractivity contribution is -0.111. The predicted octanol–water partition coefficient (Wildman–Crippen LogP) is 2.44. The molecule has 0 aliphatic carbocycles. The van der Waals surface area contributed by atoms with Crippen LogP contribution in [0.25, 0.3) is 0 Å². The van der Waals surface area contributed by atoms with Gasteiger partial charge in [0.05, 0.1) is 12.7 Å². The van der Waals surface area contributed by atoms with Crippen molar-refractivity contribution in [2.24, 2.45) is 5.41 Å². The lowest BCUT2D eigenvalue weighted by Crippen LogP contribution is -2.43. The Morgan fingerprint density at radius 1 is 1.31 bits per heavy atom. The average Bonchev–Trinajstić information content (AvgIpc) is 2.10. The number of hydrogen-bond donors (Lipinski definition) is 0. The molecule has 0 radical (unpaired) electrons. The standard InChI is InChI=1S/C12H26O3Si/c1-10(13)16(6,7)9-15-8-11(14-5)12(2,3)4/h11H,8-9H2,1-7H3/t11-/m1/s1. The topological polar surface area (TPSA) is 35.5 Å². The summed E-state index contributed by atoms with van der Waals surface area (Å²) in [4.78, 5) is 11.4. The number of hydrogen-bond acceptors (Lipinski definition) is 3. The molecule has 0 spiro atoms. The summed E-state index contributed by atoms with van der Waals surface area (Å²) in [6.45, 7) is 12.7. The van der Waals surface area contributed by atoms with E-state index in [1.807, 2.05) is 13.1 Å². The Hall–Kier alpha value is -0.193.